The summed E-state index contributed by atoms with van der Waals surface area (Å²) >= 11 is 0. The van der Waals surface area contributed by atoms with Crippen LogP contribution in [-0.4, -0.2) is 65.6 Å². The highest BCUT2D eigenvalue weighted by Gasteiger charge is 2.26. The number of aromatic nitrogens is 3. The molecule has 195 valence electrons. The molecule has 2 aromatic heterocycles. The van der Waals surface area contributed by atoms with E-state index < -0.39 is 0 Å². The molecule has 1 radical (unpaired) electrons. The fraction of sp³-hybridized carbons (Fsp3) is 0.321. The molecule has 1 aromatic carbocycles. The largest absolute Gasteiger partial charge is 0.480 e. The molecule has 10 nitrogen and oxygen atoms in total. The molecule has 10 heteroatoms. The van der Waals surface area contributed by atoms with Gasteiger partial charge in [-0.3, -0.25) is 14.6 Å². The molecule has 3 aromatic rings. The highest BCUT2D eigenvalue weighted by atomic mass is 16.5. The number of fused-ring (bicyclic) bond motifs is 1. The fourth-order valence-corrected chi connectivity index (χ4v) is 4.97. The van der Waals surface area contributed by atoms with Crippen molar-refractivity contribution in [2.45, 2.75) is 25.7 Å². The number of likely N-dealkylation sites (tertiary alicyclic amines) is 1. The lowest BCUT2D eigenvalue weighted by molar-refractivity contribution is -0.136. The van der Waals surface area contributed by atoms with Crippen LogP contribution in [-0.2, 0) is 9.53 Å². The van der Waals surface area contributed by atoms with Gasteiger partial charge in [0.25, 0.3) is 5.91 Å². The lowest BCUT2D eigenvalue weighted by Gasteiger charge is -2.33. The number of rotatable bonds is 7. The van der Waals surface area contributed by atoms with E-state index in [-0.39, 0.29) is 18.4 Å². The molecule has 0 unspecified atom stereocenters. The maximum absolute atomic E-state index is 12.7. The monoisotopic (exact) mass is 513 g/mol. The quantitative estimate of drug-likeness (QED) is 0.508. The molecule has 2 aliphatic rings. The summed E-state index contributed by atoms with van der Waals surface area (Å²) < 4.78 is 10.2. The number of nitrogens with one attached hydrogen (secondary N) is 1. The number of piperidine rings is 1. The fourth-order valence-electron chi connectivity index (χ4n) is 4.97. The van der Waals surface area contributed by atoms with E-state index in [2.05, 4.69) is 39.7 Å². The van der Waals surface area contributed by atoms with E-state index >= 15 is 0 Å². The minimum Gasteiger partial charge on any atom is -0.480 e. The summed E-state index contributed by atoms with van der Waals surface area (Å²) in [5.74, 6) is 0.831. The van der Waals surface area contributed by atoms with E-state index in [1.165, 1.54) is 25.1 Å². The van der Waals surface area contributed by atoms with Crippen LogP contribution in [0.2, 0.25) is 0 Å². The Balaban J connectivity index is 1.40. The van der Waals surface area contributed by atoms with Crippen LogP contribution < -0.4 is 15.4 Å². The number of hydrogen-bond acceptors (Lipinski definition) is 8. The lowest BCUT2D eigenvalue weighted by atomic mass is 9.86. The Morgan fingerprint density at radius 3 is 2.66 bits per heavy atom. The molecule has 38 heavy (non-hydrogen) atoms. The highest BCUT2D eigenvalue weighted by molar-refractivity contribution is 6.05. The molecular formula is C28H29N6O4. The predicted molar refractivity (Wildman–Crippen MR) is 142 cm³/mol. The standard InChI is InChI=1S/C28H29N6O4/c1-17-12-20(4-5-21(17)18-7-10-34(11-8-18)25(35)16-37-2)31-27-26-19(6-9-30-28(26)36)13-22(33-27)23-14-29-15-24(32-23)38-3/h4-6,9,12-15,18H,7-8,10-11,16H2,1-3H3,(H,31,33). The van der Waals surface area contributed by atoms with Gasteiger partial charge >= 0.3 is 0 Å². The molecule has 0 spiro atoms. The molecule has 0 bridgehead atoms. The average Bonchev–Trinajstić information content (AvgIpc) is 2.93. The minimum atomic E-state index is -0.358. The number of pyridine rings is 1. The number of anilines is 2. The molecule has 4 heterocycles. The topological polar surface area (TPSA) is 121 Å². The van der Waals surface area contributed by atoms with Gasteiger partial charge in [-0.2, -0.15) is 0 Å². The van der Waals surface area contributed by atoms with Crippen molar-refractivity contribution in [3.05, 3.63) is 65.1 Å². The number of benzene rings is 1. The lowest BCUT2D eigenvalue weighted by Crippen LogP contribution is -2.39. The van der Waals surface area contributed by atoms with E-state index in [1.54, 1.807) is 25.4 Å². The van der Waals surface area contributed by atoms with Crippen LogP contribution in [0.5, 0.6) is 5.88 Å². The zero-order chi connectivity index (χ0) is 26.6. The van der Waals surface area contributed by atoms with Crippen molar-refractivity contribution in [1.82, 2.24) is 25.2 Å². The highest BCUT2D eigenvalue weighted by Crippen LogP contribution is 2.34. The van der Waals surface area contributed by atoms with E-state index in [0.29, 0.717) is 40.1 Å². The molecule has 5 rings (SSSR count). The maximum Gasteiger partial charge on any atom is 0.281 e. The second kappa shape index (κ2) is 11.0. The molecule has 1 N–H and O–H groups in total. The molecule has 0 aliphatic carbocycles. The minimum absolute atomic E-state index is 0.0383. The Labute approximate surface area is 221 Å². The van der Waals surface area contributed by atoms with Crippen molar-refractivity contribution in [3.8, 4) is 17.3 Å². The Morgan fingerprint density at radius 2 is 1.92 bits per heavy atom. The number of carbonyl (C=O) groups is 2. The summed E-state index contributed by atoms with van der Waals surface area (Å²) in [5, 5.41) is 7.28. The van der Waals surface area contributed by atoms with Crippen molar-refractivity contribution in [2.75, 3.05) is 39.2 Å². The Kier molecular flexibility index (Phi) is 7.32. The summed E-state index contributed by atoms with van der Waals surface area (Å²) in [4.78, 5) is 40.1. The van der Waals surface area contributed by atoms with E-state index in [1.807, 2.05) is 11.0 Å². The normalized spacial score (nSPS) is 15.1. The number of aryl methyl sites for hydroxylation is 1. The van der Waals surface area contributed by atoms with Gasteiger partial charge in [-0.05, 0) is 66.6 Å². The summed E-state index contributed by atoms with van der Waals surface area (Å²) in [6, 6.07) is 7.97. The van der Waals surface area contributed by atoms with Gasteiger partial charge in [-0.25, -0.2) is 15.3 Å². The second-order valence-electron chi connectivity index (χ2n) is 9.30. The van der Waals surface area contributed by atoms with E-state index in [9.17, 15) is 9.59 Å². The maximum atomic E-state index is 12.7. The van der Waals surface area contributed by atoms with Crippen molar-refractivity contribution >= 4 is 29.4 Å². The van der Waals surface area contributed by atoms with Gasteiger partial charge in [0.1, 0.15) is 18.1 Å². The number of carbonyl (C=O) groups excluding carboxylic acids is 2. The van der Waals surface area contributed by atoms with Gasteiger partial charge in [0.15, 0.2) is 0 Å². The Hall–Kier alpha value is -4.31. The number of ether oxygens (including phenoxy) is 2. The van der Waals surface area contributed by atoms with Crippen molar-refractivity contribution in [2.24, 2.45) is 0 Å². The SMILES string of the molecule is COCC(=O)N1CCC(c2ccc(Nc3nc(-c4cncc(OC)n4)cc4c3C(=O)[N]C=C4)cc2C)CC1. The summed E-state index contributed by atoms with van der Waals surface area (Å²) in [6.45, 7) is 3.65. The smallest absolute Gasteiger partial charge is 0.281 e. The average molecular weight is 514 g/mol. The third-order valence-corrected chi connectivity index (χ3v) is 6.88. The number of nitrogens with zero attached hydrogens (tertiary/aromatic N) is 5. The van der Waals surface area contributed by atoms with Crippen LogP contribution in [0.1, 0.15) is 45.8 Å². The first kappa shape index (κ1) is 25.3. The second-order valence-corrected chi connectivity index (χ2v) is 9.30. The van der Waals surface area contributed by atoms with Gasteiger partial charge in [-0.15, -0.1) is 0 Å². The zero-order valence-electron chi connectivity index (χ0n) is 21.6. The van der Waals surface area contributed by atoms with Crippen LogP contribution in [0.4, 0.5) is 11.5 Å². The van der Waals surface area contributed by atoms with Gasteiger partial charge in [0, 0.05) is 32.1 Å². The molecule has 0 atom stereocenters. The van der Waals surface area contributed by atoms with Crippen LogP contribution in [0.15, 0.2) is 42.9 Å². The molecule has 0 saturated carbocycles. The summed E-state index contributed by atoms with van der Waals surface area (Å²) in [7, 11) is 3.07. The molecule has 2 aliphatic heterocycles. The van der Waals surface area contributed by atoms with Crippen LogP contribution >= 0.6 is 0 Å². The van der Waals surface area contributed by atoms with Gasteiger partial charge in [0.2, 0.25) is 11.8 Å². The first-order valence-electron chi connectivity index (χ1n) is 12.4. The Morgan fingerprint density at radius 1 is 1.11 bits per heavy atom. The third kappa shape index (κ3) is 5.21. The first-order chi connectivity index (χ1) is 18.5. The predicted octanol–water partition coefficient (Wildman–Crippen LogP) is 3.68. The van der Waals surface area contributed by atoms with Crippen LogP contribution in [0.25, 0.3) is 17.5 Å². The van der Waals surface area contributed by atoms with E-state index in [0.717, 1.165) is 37.2 Å². The van der Waals surface area contributed by atoms with Gasteiger partial charge < -0.3 is 19.7 Å². The zero-order valence-corrected chi connectivity index (χ0v) is 21.6. The van der Waals surface area contributed by atoms with Gasteiger partial charge in [-0.1, -0.05) is 6.07 Å². The summed E-state index contributed by atoms with van der Waals surface area (Å²) in [5.41, 5.74) is 5.40. The van der Waals surface area contributed by atoms with Crippen molar-refractivity contribution < 1.29 is 19.1 Å². The van der Waals surface area contributed by atoms with Gasteiger partial charge in [0.05, 0.1) is 30.8 Å². The van der Waals surface area contributed by atoms with Crippen LogP contribution in [0.3, 0.4) is 0 Å². The summed E-state index contributed by atoms with van der Waals surface area (Å²) in [6.07, 6.45) is 8.21. The molecule has 2 amide bonds. The number of methoxy groups -OCH3 is 2. The van der Waals surface area contributed by atoms with Crippen molar-refractivity contribution in [1.29, 1.82) is 0 Å². The number of amides is 2. The first-order valence-corrected chi connectivity index (χ1v) is 12.4. The third-order valence-electron chi connectivity index (χ3n) is 6.88. The Bertz CT molecular complexity index is 1400. The van der Waals surface area contributed by atoms with E-state index in [4.69, 9.17) is 14.5 Å². The molecule has 1 saturated heterocycles. The van der Waals surface area contributed by atoms with Crippen molar-refractivity contribution in [3.63, 3.8) is 0 Å². The number of hydrogen-bond donors (Lipinski definition) is 1. The molecule has 1 fully saturated rings. The molecular weight excluding hydrogens is 484 g/mol. The van der Waals surface area contributed by atoms with Crippen LogP contribution in [0, 0.1) is 6.92 Å².